The molecule has 0 amide bonds. The molecule has 2 heterocycles. The monoisotopic (exact) mass is 287 g/mol. The zero-order valence-electron chi connectivity index (χ0n) is 12.7. The number of aryl methyl sites for hydroxylation is 1. The van der Waals surface area contributed by atoms with E-state index in [9.17, 15) is 0 Å². The summed E-state index contributed by atoms with van der Waals surface area (Å²) in [5, 5.41) is 6.32. The van der Waals surface area contributed by atoms with E-state index < -0.39 is 0 Å². The lowest BCUT2D eigenvalue weighted by atomic mass is 10.2. The molecule has 0 saturated heterocycles. The molecule has 0 aliphatic rings. The lowest BCUT2D eigenvalue weighted by molar-refractivity contribution is 0.128. The zero-order valence-corrected chi connectivity index (χ0v) is 12.7. The van der Waals surface area contributed by atoms with Gasteiger partial charge in [0.25, 0.3) is 0 Å². The average Bonchev–Trinajstić information content (AvgIpc) is 2.52. The molecule has 2 aromatic heterocycles. The van der Waals surface area contributed by atoms with Gasteiger partial charge in [0.05, 0.1) is 0 Å². The molecule has 0 bridgehead atoms. The van der Waals surface area contributed by atoms with Crippen LogP contribution in [0.25, 0.3) is 0 Å². The Hall–Kier alpha value is -2.21. The van der Waals surface area contributed by atoms with Gasteiger partial charge in [-0.25, -0.2) is 9.97 Å². The Morgan fingerprint density at radius 1 is 1.19 bits per heavy atom. The van der Waals surface area contributed by atoms with Crippen LogP contribution in [0.15, 0.2) is 24.4 Å². The molecule has 2 rings (SSSR count). The quantitative estimate of drug-likeness (QED) is 0.814. The number of hydrogen-bond acceptors (Lipinski definition) is 6. The van der Waals surface area contributed by atoms with Crippen molar-refractivity contribution in [3.8, 4) is 0 Å². The van der Waals surface area contributed by atoms with Crippen LogP contribution in [0.5, 0.6) is 0 Å². The van der Waals surface area contributed by atoms with Crippen molar-refractivity contribution < 1.29 is 4.74 Å². The van der Waals surface area contributed by atoms with Crippen molar-refractivity contribution >= 4 is 11.6 Å². The van der Waals surface area contributed by atoms with Crippen molar-refractivity contribution in [1.82, 2.24) is 15.0 Å². The number of anilines is 2. The number of nitrogens with zero attached hydrogens (tertiary/aromatic N) is 3. The van der Waals surface area contributed by atoms with Gasteiger partial charge in [-0.2, -0.15) is 0 Å². The largest absolute Gasteiger partial charge is 0.374 e. The first-order valence-electron chi connectivity index (χ1n) is 7.00. The topological polar surface area (TPSA) is 72.0 Å². The summed E-state index contributed by atoms with van der Waals surface area (Å²) in [5.74, 6) is 2.20. The van der Waals surface area contributed by atoms with E-state index in [1.807, 2.05) is 39.2 Å². The van der Waals surface area contributed by atoms with Crippen LogP contribution in [0.4, 0.5) is 11.6 Å². The first-order chi connectivity index (χ1) is 10.2. The third-order valence-electron chi connectivity index (χ3n) is 2.91. The minimum absolute atomic E-state index is 0.410. The van der Waals surface area contributed by atoms with Gasteiger partial charge in [0.1, 0.15) is 18.2 Å². The molecule has 21 heavy (non-hydrogen) atoms. The zero-order chi connectivity index (χ0) is 15.1. The van der Waals surface area contributed by atoms with Gasteiger partial charge in [0.15, 0.2) is 5.82 Å². The highest BCUT2D eigenvalue weighted by Crippen LogP contribution is 2.13. The predicted octanol–water partition coefficient (Wildman–Crippen LogP) is 2.37. The SMILES string of the molecule is CCOCc1nc(NC)cc(NCc2ccc(C)nc2)n1. The molecule has 0 atom stereocenters. The van der Waals surface area contributed by atoms with Gasteiger partial charge in [-0.15, -0.1) is 0 Å². The Bertz CT molecular complexity index is 571. The molecule has 0 aromatic carbocycles. The van der Waals surface area contributed by atoms with E-state index in [-0.39, 0.29) is 0 Å². The Labute approximate surface area is 125 Å². The Morgan fingerprint density at radius 2 is 2.00 bits per heavy atom. The summed E-state index contributed by atoms with van der Waals surface area (Å²) in [6.07, 6.45) is 1.86. The number of rotatable bonds is 7. The smallest absolute Gasteiger partial charge is 0.158 e. The maximum atomic E-state index is 5.36. The first-order valence-corrected chi connectivity index (χ1v) is 7.00. The second-order valence-corrected chi connectivity index (χ2v) is 4.60. The van der Waals surface area contributed by atoms with Crippen LogP contribution in [0.1, 0.15) is 24.0 Å². The van der Waals surface area contributed by atoms with Crippen molar-refractivity contribution in [3.05, 3.63) is 41.5 Å². The Morgan fingerprint density at radius 3 is 2.67 bits per heavy atom. The number of ether oxygens (including phenoxy) is 1. The van der Waals surface area contributed by atoms with Gasteiger partial charge in [0, 0.05) is 38.2 Å². The molecule has 6 heteroatoms. The fourth-order valence-corrected chi connectivity index (χ4v) is 1.77. The van der Waals surface area contributed by atoms with Crippen LogP contribution in [0.3, 0.4) is 0 Å². The molecule has 0 aliphatic heterocycles. The molecule has 0 aliphatic carbocycles. The summed E-state index contributed by atoms with van der Waals surface area (Å²) in [5.41, 5.74) is 2.12. The highest BCUT2D eigenvalue weighted by molar-refractivity contribution is 5.47. The van der Waals surface area contributed by atoms with Crippen molar-refractivity contribution in [2.45, 2.75) is 27.0 Å². The molecule has 0 saturated carbocycles. The van der Waals surface area contributed by atoms with E-state index in [4.69, 9.17) is 4.74 Å². The molecular weight excluding hydrogens is 266 g/mol. The second-order valence-electron chi connectivity index (χ2n) is 4.60. The van der Waals surface area contributed by atoms with E-state index in [0.29, 0.717) is 25.6 Å². The molecule has 0 spiro atoms. The first kappa shape index (κ1) is 15.2. The fraction of sp³-hybridized carbons (Fsp3) is 0.400. The lowest BCUT2D eigenvalue weighted by Crippen LogP contribution is -2.08. The van der Waals surface area contributed by atoms with Crippen LogP contribution in [-0.2, 0) is 17.9 Å². The molecular formula is C15H21N5O. The number of hydrogen-bond donors (Lipinski definition) is 2. The molecule has 2 aromatic rings. The fourth-order valence-electron chi connectivity index (χ4n) is 1.77. The van der Waals surface area contributed by atoms with Gasteiger partial charge in [-0.1, -0.05) is 6.07 Å². The number of nitrogens with one attached hydrogen (secondary N) is 2. The maximum Gasteiger partial charge on any atom is 0.158 e. The molecule has 2 N–H and O–H groups in total. The third kappa shape index (κ3) is 4.68. The highest BCUT2D eigenvalue weighted by Gasteiger charge is 2.04. The number of pyridine rings is 1. The Kier molecular flexibility index (Phi) is 5.45. The summed E-state index contributed by atoms with van der Waals surface area (Å²) >= 11 is 0. The Balaban J connectivity index is 2.05. The van der Waals surface area contributed by atoms with Crippen molar-refractivity contribution in [2.24, 2.45) is 0 Å². The second kappa shape index (κ2) is 7.54. The van der Waals surface area contributed by atoms with Gasteiger partial charge in [-0.05, 0) is 25.5 Å². The van der Waals surface area contributed by atoms with Gasteiger partial charge in [0.2, 0.25) is 0 Å². The van der Waals surface area contributed by atoms with Gasteiger partial charge < -0.3 is 15.4 Å². The third-order valence-corrected chi connectivity index (χ3v) is 2.91. The molecule has 0 unspecified atom stereocenters. The minimum Gasteiger partial charge on any atom is -0.374 e. The van der Waals surface area contributed by atoms with Crippen molar-refractivity contribution in [2.75, 3.05) is 24.3 Å². The van der Waals surface area contributed by atoms with Crippen LogP contribution in [0, 0.1) is 6.92 Å². The van der Waals surface area contributed by atoms with Crippen LogP contribution >= 0.6 is 0 Å². The average molecular weight is 287 g/mol. The van der Waals surface area contributed by atoms with E-state index in [1.54, 1.807) is 0 Å². The summed E-state index contributed by atoms with van der Waals surface area (Å²) in [6.45, 7) is 5.64. The molecule has 0 fully saturated rings. The van der Waals surface area contributed by atoms with Gasteiger partial charge in [-0.3, -0.25) is 4.98 Å². The standard InChI is InChI=1S/C15H21N5O/c1-4-21-10-15-19-13(16-3)7-14(20-15)18-9-12-6-5-11(2)17-8-12/h5-8H,4,9-10H2,1-3H3,(H2,16,18,19,20). The summed E-state index contributed by atoms with van der Waals surface area (Å²) in [7, 11) is 1.83. The van der Waals surface area contributed by atoms with E-state index in [0.717, 1.165) is 22.9 Å². The van der Waals surface area contributed by atoms with Crippen molar-refractivity contribution in [1.29, 1.82) is 0 Å². The maximum absolute atomic E-state index is 5.36. The predicted molar refractivity (Wildman–Crippen MR) is 83.2 cm³/mol. The molecule has 112 valence electrons. The molecule has 6 nitrogen and oxygen atoms in total. The molecule has 0 radical (unpaired) electrons. The van der Waals surface area contributed by atoms with E-state index in [1.165, 1.54) is 0 Å². The van der Waals surface area contributed by atoms with Crippen LogP contribution in [0.2, 0.25) is 0 Å². The lowest BCUT2D eigenvalue weighted by Gasteiger charge is -2.10. The summed E-state index contributed by atoms with van der Waals surface area (Å²) in [6, 6.07) is 5.92. The van der Waals surface area contributed by atoms with Crippen LogP contribution < -0.4 is 10.6 Å². The minimum atomic E-state index is 0.410. The normalized spacial score (nSPS) is 10.4. The van der Waals surface area contributed by atoms with Gasteiger partial charge >= 0.3 is 0 Å². The van der Waals surface area contributed by atoms with Crippen LogP contribution in [-0.4, -0.2) is 28.6 Å². The number of aromatic nitrogens is 3. The summed E-state index contributed by atoms with van der Waals surface area (Å²) in [4.78, 5) is 13.1. The van der Waals surface area contributed by atoms with E-state index in [2.05, 4.69) is 31.7 Å². The summed E-state index contributed by atoms with van der Waals surface area (Å²) < 4.78 is 5.36. The van der Waals surface area contributed by atoms with E-state index >= 15 is 0 Å². The highest BCUT2D eigenvalue weighted by atomic mass is 16.5. The van der Waals surface area contributed by atoms with Crippen molar-refractivity contribution in [3.63, 3.8) is 0 Å².